The molecule has 6 heteroatoms. The van der Waals surface area contributed by atoms with E-state index in [0.717, 1.165) is 12.0 Å². The number of anilines is 1. The quantitative estimate of drug-likeness (QED) is 0.894. The second kappa shape index (κ2) is 7.11. The number of halogens is 1. The number of fused-ring (bicyclic) bond motifs is 1. The van der Waals surface area contributed by atoms with Gasteiger partial charge in [0.1, 0.15) is 0 Å². The highest BCUT2D eigenvalue weighted by molar-refractivity contribution is 6.32. The molecule has 0 aromatic heterocycles. The number of hydrogen-bond acceptors (Lipinski definition) is 3. The molecule has 1 aliphatic heterocycles. The van der Waals surface area contributed by atoms with Gasteiger partial charge in [-0.2, -0.15) is 0 Å². The maximum atomic E-state index is 12.7. The fourth-order valence-electron chi connectivity index (χ4n) is 3.09. The molecule has 0 saturated heterocycles. The average molecular weight is 347 g/mol. The first-order valence-corrected chi connectivity index (χ1v) is 8.12. The summed E-state index contributed by atoms with van der Waals surface area (Å²) in [6.07, 6.45) is 0.757. The number of methoxy groups -OCH3 is 1. The molecule has 2 aromatic carbocycles. The van der Waals surface area contributed by atoms with Crippen LogP contribution in [0.5, 0.6) is 5.75 Å². The second-order valence-corrected chi connectivity index (χ2v) is 6.00. The van der Waals surface area contributed by atoms with Crippen LogP contribution >= 0.6 is 11.6 Å². The highest BCUT2D eigenvalue weighted by atomic mass is 35.5. The number of benzene rings is 2. The van der Waals surface area contributed by atoms with Crippen molar-refractivity contribution >= 4 is 23.3 Å². The molecule has 2 amide bonds. The van der Waals surface area contributed by atoms with Gasteiger partial charge in [0.15, 0.2) is 5.75 Å². The molecular weight excluding hydrogens is 328 g/mol. The molecular formula is C18H19ClN2O3. The number of amides is 2. The summed E-state index contributed by atoms with van der Waals surface area (Å²) < 4.78 is 5.26. The van der Waals surface area contributed by atoms with E-state index in [1.54, 1.807) is 23.1 Å². The zero-order chi connectivity index (χ0) is 17.1. The minimum atomic E-state index is -0.361. The molecule has 1 heterocycles. The zero-order valence-electron chi connectivity index (χ0n) is 13.3. The molecule has 1 aliphatic rings. The Kier molecular flexibility index (Phi) is 4.92. The van der Waals surface area contributed by atoms with Gasteiger partial charge in [-0.1, -0.05) is 41.9 Å². The van der Waals surface area contributed by atoms with E-state index in [1.165, 1.54) is 12.7 Å². The number of aliphatic hydroxyl groups excluding tert-OH is 1. The van der Waals surface area contributed by atoms with E-state index in [-0.39, 0.29) is 18.7 Å². The summed E-state index contributed by atoms with van der Waals surface area (Å²) in [6, 6.07) is 12.4. The Balaban J connectivity index is 1.85. The molecule has 0 saturated carbocycles. The van der Waals surface area contributed by atoms with E-state index in [0.29, 0.717) is 23.0 Å². The van der Waals surface area contributed by atoms with Crippen molar-refractivity contribution in [3.05, 3.63) is 58.6 Å². The molecule has 0 bridgehead atoms. The van der Waals surface area contributed by atoms with Crippen molar-refractivity contribution in [2.24, 2.45) is 0 Å². The lowest BCUT2D eigenvalue weighted by atomic mass is 9.93. The van der Waals surface area contributed by atoms with Crippen molar-refractivity contribution in [1.29, 1.82) is 0 Å². The second-order valence-electron chi connectivity index (χ2n) is 5.59. The maximum absolute atomic E-state index is 12.7. The predicted octanol–water partition coefficient (Wildman–Crippen LogP) is 3.47. The first-order chi connectivity index (χ1) is 11.7. The van der Waals surface area contributed by atoms with Crippen LogP contribution in [-0.2, 0) is 6.42 Å². The Labute approximate surface area is 145 Å². The Morgan fingerprint density at radius 3 is 2.88 bits per heavy atom. The highest BCUT2D eigenvalue weighted by Crippen LogP contribution is 2.34. The van der Waals surface area contributed by atoms with Gasteiger partial charge in [0.05, 0.1) is 30.5 Å². The predicted molar refractivity (Wildman–Crippen MR) is 93.7 cm³/mol. The number of nitrogens with zero attached hydrogens (tertiary/aromatic N) is 1. The molecule has 2 N–H and O–H groups in total. The van der Waals surface area contributed by atoms with E-state index in [1.807, 2.05) is 24.3 Å². The molecule has 0 spiro atoms. The molecule has 0 aliphatic carbocycles. The lowest BCUT2D eigenvalue weighted by Crippen LogP contribution is -2.43. The van der Waals surface area contributed by atoms with Gasteiger partial charge in [-0.3, -0.25) is 0 Å². The largest absolute Gasteiger partial charge is 0.493 e. The van der Waals surface area contributed by atoms with Crippen molar-refractivity contribution < 1.29 is 14.6 Å². The highest BCUT2D eigenvalue weighted by Gasteiger charge is 2.30. The number of urea groups is 1. The first kappa shape index (κ1) is 16.6. The molecule has 24 heavy (non-hydrogen) atoms. The van der Waals surface area contributed by atoms with Crippen LogP contribution in [0.25, 0.3) is 0 Å². The normalized spacial score (nSPS) is 16.5. The topological polar surface area (TPSA) is 61.8 Å². The van der Waals surface area contributed by atoms with Crippen molar-refractivity contribution in [1.82, 2.24) is 4.90 Å². The molecule has 1 atom stereocenters. The van der Waals surface area contributed by atoms with Crippen molar-refractivity contribution in [2.45, 2.75) is 12.5 Å². The fraction of sp³-hybridized carbons (Fsp3) is 0.278. The summed E-state index contributed by atoms with van der Waals surface area (Å²) in [4.78, 5) is 14.4. The standard InChI is InChI=1S/C18H19ClN2O3/c1-24-17-14(19)7-4-8-15(17)20-18(23)21-10-9-12-5-2-3-6-13(12)16(21)11-22/h2-8,16,22H,9-11H2,1H3,(H,20,23)/t16-/m1/s1. The molecule has 0 radical (unpaired) electrons. The molecule has 5 nitrogen and oxygen atoms in total. The van der Waals surface area contributed by atoms with Gasteiger partial charge < -0.3 is 20.1 Å². The summed E-state index contributed by atoms with van der Waals surface area (Å²) in [5, 5.41) is 13.1. The summed E-state index contributed by atoms with van der Waals surface area (Å²) >= 11 is 6.09. The maximum Gasteiger partial charge on any atom is 0.322 e. The average Bonchev–Trinajstić information content (AvgIpc) is 2.60. The number of carbonyl (C=O) groups is 1. The lowest BCUT2D eigenvalue weighted by molar-refractivity contribution is 0.135. The summed E-state index contributed by atoms with van der Waals surface area (Å²) in [6.45, 7) is 0.411. The van der Waals surface area contributed by atoms with Gasteiger partial charge in [0, 0.05) is 6.54 Å². The lowest BCUT2D eigenvalue weighted by Gasteiger charge is -2.36. The number of rotatable bonds is 3. The van der Waals surface area contributed by atoms with Gasteiger partial charge in [-0.15, -0.1) is 0 Å². The van der Waals surface area contributed by atoms with Crippen LogP contribution in [0.3, 0.4) is 0 Å². The molecule has 2 aromatic rings. The van der Waals surface area contributed by atoms with Crippen molar-refractivity contribution in [3.63, 3.8) is 0 Å². The number of para-hydroxylation sites is 1. The van der Waals surface area contributed by atoms with E-state index < -0.39 is 0 Å². The van der Waals surface area contributed by atoms with Gasteiger partial charge in [-0.25, -0.2) is 4.79 Å². The first-order valence-electron chi connectivity index (χ1n) is 7.74. The third-order valence-electron chi connectivity index (χ3n) is 4.26. The number of aliphatic hydroxyl groups is 1. The van der Waals surface area contributed by atoms with Crippen LogP contribution in [0.15, 0.2) is 42.5 Å². The van der Waals surface area contributed by atoms with Crippen LogP contribution < -0.4 is 10.1 Å². The number of hydrogen-bond donors (Lipinski definition) is 2. The molecule has 0 fully saturated rings. The minimum absolute atomic E-state index is 0.128. The van der Waals surface area contributed by atoms with Crippen LogP contribution in [0.2, 0.25) is 5.02 Å². The fourth-order valence-corrected chi connectivity index (χ4v) is 3.35. The van der Waals surface area contributed by atoms with Crippen LogP contribution in [0.4, 0.5) is 10.5 Å². The Hall–Kier alpha value is -2.24. The van der Waals surface area contributed by atoms with E-state index >= 15 is 0 Å². The van der Waals surface area contributed by atoms with Gasteiger partial charge in [0.2, 0.25) is 0 Å². The SMILES string of the molecule is COc1c(Cl)cccc1NC(=O)N1CCc2ccccc2[C@H]1CO. The van der Waals surface area contributed by atoms with Crippen LogP contribution in [0, 0.1) is 0 Å². The smallest absolute Gasteiger partial charge is 0.322 e. The Bertz CT molecular complexity index is 751. The molecule has 0 unspecified atom stereocenters. The number of ether oxygens (including phenoxy) is 1. The van der Waals surface area contributed by atoms with Crippen molar-refractivity contribution in [2.75, 3.05) is 25.6 Å². The molecule has 126 valence electrons. The van der Waals surface area contributed by atoms with Crippen molar-refractivity contribution in [3.8, 4) is 5.75 Å². The third kappa shape index (κ3) is 3.05. The Morgan fingerprint density at radius 1 is 1.33 bits per heavy atom. The van der Waals surface area contributed by atoms with E-state index in [9.17, 15) is 9.90 Å². The van der Waals surface area contributed by atoms with Crippen LogP contribution in [-0.4, -0.2) is 36.3 Å². The number of nitrogens with one attached hydrogen (secondary N) is 1. The minimum Gasteiger partial charge on any atom is -0.493 e. The third-order valence-corrected chi connectivity index (χ3v) is 4.56. The monoisotopic (exact) mass is 346 g/mol. The zero-order valence-corrected chi connectivity index (χ0v) is 14.1. The summed E-state index contributed by atoms with van der Waals surface area (Å²) in [5.74, 6) is 0.422. The summed E-state index contributed by atoms with van der Waals surface area (Å²) in [5.41, 5.74) is 2.66. The van der Waals surface area contributed by atoms with Gasteiger partial charge >= 0.3 is 6.03 Å². The number of carbonyl (C=O) groups excluding carboxylic acids is 1. The van der Waals surface area contributed by atoms with Crippen LogP contribution in [0.1, 0.15) is 17.2 Å². The van der Waals surface area contributed by atoms with E-state index in [2.05, 4.69) is 5.32 Å². The summed E-state index contributed by atoms with van der Waals surface area (Å²) in [7, 11) is 1.50. The Morgan fingerprint density at radius 2 is 2.12 bits per heavy atom. The van der Waals surface area contributed by atoms with Gasteiger partial charge in [0.25, 0.3) is 0 Å². The van der Waals surface area contributed by atoms with Gasteiger partial charge in [-0.05, 0) is 29.7 Å². The van der Waals surface area contributed by atoms with E-state index in [4.69, 9.17) is 16.3 Å². The molecule has 3 rings (SSSR count).